The number of ether oxygens (including phenoxy) is 4. The monoisotopic (exact) mass is 957 g/mol. The van der Waals surface area contributed by atoms with E-state index < -0.39 is 89.7 Å². The molecule has 14 heteroatoms. The lowest BCUT2D eigenvalue weighted by molar-refractivity contribution is -0.214. The van der Waals surface area contributed by atoms with Gasteiger partial charge in [0.25, 0.3) is 0 Å². The number of carbonyl (C=O) groups is 4. The lowest BCUT2D eigenvalue weighted by Gasteiger charge is -2.50. The molecule has 4 aromatic carbocycles. The quantitative estimate of drug-likeness (QED) is 0.123. The van der Waals surface area contributed by atoms with E-state index in [-0.39, 0.29) is 32.2 Å². The van der Waals surface area contributed by atoms with Crippen molar-refractivity contribution in [3.05, 3.63) is 141 Å². The molecule has 13 nitrogen and oxygen atoms in total. The van der Waals surface area contributed by atoms with Gasteiger partial charge in [0.1, 0.15) is 41.5 Å². The van der Waals surface area contributed by atoms with Gasteiger partial charge in [-0.05, 0) is 73.0 Å². The molecule has 8 rings (SSSR count). The predicted molar refractivity (Wildman–Crippen MR) is 235 cm³/mol. The van der Waals surface area contributed by atoms with Crippen LogP contribution >= 0.6 is 22.6 Å². The molecule has 4 aliphatic rings. The second-order valence-corrected chi connectivity index (χ2v) is 18.7. The lowest BCUT2D eigenvalue weighted by atomic mass is 9.62. The van der Waals surface area contributed by atoms with Crippen LogP contribution in [0, 0.1) is 8.99 Å². The highest BCUT2D eigenvalue weighted by Gasteiger charge is 2.77. The minimum Gasteiger partial charge on any atom is -0.460 e. The Hall–Kier alpha value is -4.71. The van der Waals surface area contributed by atoms with E-state index >= 15 is 4.79 Å². The number of carbonyl (C=O) groups excluding carboxylic acids is 4. The molecule has 8 unspecified atom stereocenters. The summed E-state index contributed by atoms with van der Waals surface area (Å²) in [6.45, 7) is 5.01. The fourth-order valence-electron chi connectivity index (χ4n) is 9.39. The maximum absolute atomic E-state index is 15.8. The molecule has 4 aromatic rings. The smallest absolute Gasteiger partial charge is 0.327 e. The number of nitrogens with zero attached hydrogens (tertiary/aromatic N) is 2. The van der Waals surface area contributed by atoms with Crippen LogP contribution in [-0.4, -0.2) is 101 Å². The SMILES string of the molecule is CN(C(=O)C12CC3OC(=O)C1N(Cc1cccc(I)c1)OC2C1OC(c2ccccc2)(c2ccccc2)OC31)C(Cc1ccccc1)C(=O)NC(CO)CCC(=O)OC(C)(C)C. The second kappa shape index (κ2) is 17.8. The van der Waals surface area contributed by atoms with E-state index in [0.29, 0.717) is 11.1 Å². The Morgan fingerprint density at radius 2 is 1.52 bits per heavy atom. The zero-order valence-electron chi connectivity index (χ0n) is 35.1. The van der Waals surface area contributed by atoms with Gasteiger partial charge in [0.2, 0.25) is 17.6 Å². The van der Waals surface area contributed by atoms with E-state index in [9.17, 15) is 19.5 Å². The van der Waals surface area contributed by atoms with Crippen molar-refractivity contribution in [2.45, 2.75) is 107 Å². The zero-order valence-corrected chi connectivity index (χ0v) is 37.3. The third-order valence-corrected chi connectivity index (χ3v) is 12.8. The van der Waals surface area contributed by atoms with Crippen molar-refractivity contribution in [1.82, 2.24) is 15.3 Å². The number of amides is 2. The Balaban J connectivity index is 1.17. The van der Waals surface area contributed by atoms with Crippen LogP contribution in [0.5, 0.6) is 0 Å². The van der Waals surface area contributed by atoms with Crippen molar-refractivity contribution in [2.24, 2.45) is 5.41 Å². The molecule has 0 spiro atoms. The Bertz CT molecular complexity index is 2220. The van der Waals surface area contributed by atoms with Gasteiger partial charge in [-0.25, -0.2) is 0 Å². The van der Waals surface area contributed by atoms with Gasteiger partial charge in [0.15, 0.2) is 6.04 Å². The summed E-state index contributed by atoms with van der Waals surface area (Å²) in [5.74, 6) is -3.57. The van der Waals surface area contributed by atoms with Crippen LogP contribution in [0.25, 0.3) is 0 Å². The Morgan fingerprint density at radius 3 is 2.13 bits per heavy atom. The number of nitrogens with one attached hydrogen (secondary N) is 1. The van der Waals surface area contributed by atoms with Crippen molar-refractivity contribution in [1.29, 1.82) is 0 Å². The summed E-state index contributed by atoms with van der Waals surface area (Å²) in [6, 6.07) is 33.0. The molecule has 8 atom stereocenters. The highest BCUT2D eigenvalue weighted by molar-refractivity contribution is 14.1. The minimum atomic E-state index is -1.59. The third kappa shape index (κ3) is 8.52. The molecule has 1 aliphatic carbocycles. The van der Waals surface area contributed by atoms with Gasteiger partial charge in [-0.2, -0.15) is 5.06 Å². The van der Waals surface area contributed by atoms with Crippen LogP contribution in [0.2, 0.25) is 0 Å². The maximum atomic E-state index is 15.8. The molecule has 0 aromatic heterocycles. The molecule has 0 radical (unpaired) electrons. The average Bonchev–Trinajstić information content (AvgIpc) is 3.84. The molecule has 1 saturated carbocycles. The molecular formula is C48H52IN3O10. The third-order valence-electron chi connectivity index (χ3n) is 12.1. The van der Waals surface area contributed by atoms with Crippen molar-refractivity contribution in [3.63, 3.8) is 0 Å². The van der Waals surface area contributed by atoms with Gasteiger partial charge >= 0.3 is 11.9 Å². The number of fused-ring (bicyclic) bond motifs is 4. The first kappa shape index (κ1) is 43.9. The summed E-state index contributed by atoms with van der Waals surface area (Å²) in [5.41, 5.74) is 0.787. The number of hydrogen-bond acceptors (Lipinski definition) is 11. The number of hydroxylamine groups is 2. The highest BCUT2D eigenvalue weighted by Crippen LogP contribution is 2.59. The Labute approximate surface area is 375 Å². The van der Waals surface area contributed by atoms with E-state index in [4.69, 9.17) is 23.8 Å². The Kier molecular flexibility index (Phi) is 12.6. The first-order valence-corrected chi connectivity index (χ1v) is 22.1. The van der Waals surface area contributed by atoms with E-state index in [0.717, 1.165) is 14.7 Å². The van der Waals surface area contributed by atoms with E-state index in [1.807, 2.05) is 115 Å². The molecule has 3 heterocycles. The van der Waals surface area contributed by atoms with Crippen LogP contribution in [0.1, 0.15) is 62.3 Å². The molecule has 3 aliphatic heterocycles. The molecule has 2 amide bonds. The number of halogens is 1. The minimum absolute atomic E-state index is 0.0391. The van der Waals surface area contributed by atoms with Crippen LogP contribution in [0.3, 0.4) is 0 Å². The molecular weight excluding hydrogens is 905 g/mol. The van der Waals surface area contributed by atoms with Crippen molar-refractivity contribution >= 4 is 46.3 Å². The first-order valence-electron chi connectivity index (χ1n) is 21.0. The van der Waals surface area contributed by atoms with Crippen molar-refractivity contribution < 1.29 is 48.1 Å². The number of aliphatic hydroxyl groups is 1. The number of likely N-dealkylation sites (N-methyl/N-ethyl adjacent to an activating group) is 1. The highest BCUT2D eigenvalue weighted by atomic mass is 127. The van der Waals surface area contributed by atoms with Gasteiger partial charge in [0, 0.05) is 41.0 Å². The summed E-state index contributed by atoms with van der Waals surface area (Å²) < 4.78 is 26.9. The molecule has 326 valence electrons. The summed E-state index contributed by atoms with van der Waals surface area (Å²) in [7, 11) is 1.56. The number of hydrogen-bond donors (Lipinski definition) is 2. The molecule has 4 fully saturated rings. The van der Waals surface area contributed by atoms with Gasteiger partial charge in [0.05, 0.1) is 19.2 Å². The zero-order chi connectivity index (χ0) is 43.8. The number of esters is 2. The normalized spacial score (nSPS) is 25.8. The summed E-state index contributed by atoms with van der Waals surface area (Å²) in [4.78, 5) is 65.9. The van der Waals surface area contributed by atoms with Crippen LogP contribution < -0.4 is 5.32 Å². The largest absolute Gasteiger partial charge is 0.460 e. The molecule has 2 N–H and O–H groups in total. The summed E-state index contributed by atoms with van der Waals surface area (Å²) in [6.07, 6.45) is -3.46. The number of benzene rings is 4. The van der Waals surface area contributed by atoms with Crippen molar-refractivity contribution in [2.75, 3.05) is 13.7 Å². The van der Waals surface area contributed by atoms with Crippen LogP contribution in [0.15, 0.2) is 115 Å². The number of rotatable bonds is 14. The lowest BCUT2D eigenvalue weighted by Crippen LogP contribution is -2.70. The Morgan fingerprint density at radius 1 is 0.903 bits per heavy atom. The molecule has 62 heavy (non-hydrogen) atoms. The van der Waals surface area contributed by atoms with Crippen LogP contribution in [-0.2, 0) is 61.7 Å². The summed E-state index contributed by atoms with van der Waals surface area (Å²) >= 11 is 2.23. The number of aliphatic hydroxyl groups excluding tert-OH is 1. The fraction of sp³-hybridized carbons (Fsp3) is 0.417. The standard InChI is InChI=1S/C48H52IN3O10/c1-46(2,3)59-38(54)24-23-35(29-53)50-43(55)36(26-30-15-8-5-9-16-30)51(4)45(57)47-27-37-39-40(61-48(60-39,32-18-10-6-11-19-32)33-20-12-7-13-21-33)42(47)62-52(41(47)44(56)58-37)28-31-17-14-22-34(49)25-31/h5-22,25,35-37,39-42,53H,23-24,26-29H2,1-4H3,(H,50,55). The summed E-state index contributed by atoms with van der Waals surface area (Å²) in [5, 5.41) is 14.8. The first-order chi connectivity index (χ1) is 29.7. The predicted octanol–water partition coefficient (Wildman–Crippen LogP) is 5.45. The maximum Gasteiger partial charge on any atom is 0.327 e. The van der Waals surface area contributed by atoms with Gasteiger partial charge in [-0.3, -0.25) is 24.0 Å². The second-order valence-electron chi connectivity index (χ2n) is 17.5. The molecule has 3 saturated heterocycles. The van der Waals surface area contributed by atoms with Gasteiger partial charge < -0.3 is 34.3 Å². The van der Waals surface area contributed by atoms with E-state index in [1.54, 1.807) is 32.9 Å². The van der Waals surface area contributed by atoms with Gasteiger partial charge in [-0.1, -0.05) is 103 Å². The fourth-order valence-corrected chi connectivity index (χ4v) is 10.00. The molecule has 2 bridgehead atoms. The topological polar surface area (TPSA) is 153 Å². The average molecular weight is 958 g/mol. The van der Waals surface area contributed by atoms with Crippen molar-refractivity contribution in [3.8, 4) is 0 Å². The van der Waals surface area contributed by atoms with Gasteiger partial charge in [-0.15, -0.1) is 0 Å². The van der Waals surface area contributed by atoms with Crippen LogP contribution in [0.4, 0.5) is 0 Å². The van der Waals surface area contributed by atoms with E-state index in [2.05, 4.69) is 27.9 Å². The van der Waals surface area contributed by atoms with E-state index in [1.165, 1.54) is 4.90 Å².